The van der Waals surface area contributed by atoms with Crippen molar-refractivity contribution in [3.8, 4) is 11.5 Å². The zero-order chi connectivity index (χ0) is 11.5. The summed E-state index contributed by atoms with van der Waals surface area (Å²) in [6.07, 6.45) is 0.525. The van der Waals surface area contributed by atoms with Gasteiger partial charge in [-0.2, -0.15) is 4.98 Å². The van der Waals surface area contributed by atoms with Crippen molar-refractivity contribution in [1.82, 2.24) is 10.1 Å². The lowest BCUT2D eigenvalue weighted by atomic mass is 10.1. The van der Waals surface area contributed by atoms with E-state index < -0.39 is 0 Å². The van der Waals surface area contributed by atoms with E-state index in [1.165, 1.54) is 6.07 Å². The molecule has 0 aliphatic carbocycles. The molecule has 5 heteroatoms. The first-order chi connectivity index (χ1) is 7.70. The number of nitrogens with two attached hydrogens (primary N) is 1. The largest absolute Gasteiger partial charge is 0.334 e. The Balaban J connectivity index is 2.35. The third kappa shape index (κ3) is 2.09. The number of hydrogen-bond acceptors (Lipinski definition) is 4. The topological polar surface area (TPSA) is 64.9 Å². The van der Waals surface area contributed by atoms with E-state index in [0.717, 1.165) is 5.56 Å². The van der Waals surface area contributed by atoms with Gasteiger partial charge in [-0.3, -0.25) is 0 Å². The molecule has 2 N–H and O–H groups in total. The summed E-state index contributed by atoms with van der Waals surface area (Å²) in [6.45, 7) is 2.26. The first-order valence-electron chi connectivity index (χ1n) is 5.00. The summed E-state index contributed by atoms with van der Waals surface area (Å²) in [4.78, 5) is 4.06. The fraction of sp³-hybridized carbons (Fsp3) is 0.273. The number of aromatic nitrogens is 2. The lowest BCUT2D eigenvalue weighted by Gasteiger charge is -1.97. The fourth-order valence-corrected chi connectivity index (χ4v) is 1.39. The maximum absolute atomic E-state index is 13.6. The quantitative estimate of drug-likeness (QED) is 0.856. The van der Waals surface area contributed by atoms with E-state index in [-0.39, 0.29) is 11.7 Å². The lowest BCUT2D eigenvalue weighted by molar-refractivity contribution is 0.420. The van der Waals surface area contributed by atoms with Crippen LogP contribution >= 0.6 is 0 Å². The first kappa shape index (κ1) is 10.8. The summed E-state index contributed by atoms with van der Waals surface area (Å²) in [5, 5.41) is 3.71. The summed E-state index contributed by atoms with van der Waals surface area (Å²) in [5.74, 6) is 0.335. The lowest BCUT2D eigenvalue weighted by Crippen LogP contribution is -2.03. The van der Waals surface area contributed by atoms with E-state index in [0.29, 0.717) is 24.4 Å². The van der Waals surface area contributed by atoms with Crippen LogP contribution in [0.1, 0.15) is 11.4 Å². The summed E-state index contributed by atoms with van der Waals surface area (Å²) in [6, 6.07) is 4.86. The zero-order valence-corrected chi connectivity index (χ0v) is 8.90. The Morgan fingerprint density at radius 2 is 2.25 bits per heavy atom. The molecule has 0 unspecified atom stereocenters. The van der Waals surface area contributed by atoms with Gasteiger partial charge in [0.05, 0.1) is 5.56 Å². The smallest absolute Gasteiger partial charge is 0.260 e. The van der Waals surface area contributed by atoms with Crippen molar-refractivity contribution >= 4 is 0 Å². The molecule has 16 heavy (non-hydrogen) atoms. The summed E-state index contributed by atoms with van der Waals surface area (Å²) >= 11 is 0. The van der Waals surface area contributed by atoms with Crippen molar-refractivity contribution in [3.63, 3.8) is 0 Å². The molecule has 0 spiro atoms. The summed E-state index contributed by atoms with van der Waals surface area (Å²) in [7, 11) is 0. The highest BCUT2D eigenvalue weighted by molar-refractivity contribution is 5.54. The first-order valence-corrected chi connectivity index (χ1v) is 5.00. The van der Waals surface area contributed by atoms with Gasteiger partial charge in [0.15, 0.2) is 5.82 Å². The van der Waals surface area contributed by atoms with Gasteiger partial charge in [-0.15, -0.1) is 0 Å². The number of halogens is 1. The highest BCUT2D eigenvalue weighted by Gasteiger charge is 2.12. The average Bonchev–Trinajstić information content (AvgIpc) is 2.67. The average molecular weight is 221 g/mol. The minimum absolute atomic E-state index is 0.195. The van der Waals surface area contributed by atoms with Crippen LogP contribution in [0.2, 0.25) is 0 Å². The van der Waals surface area contributed by atoms with Crippen LogP contribution in [0.4, 0.5) is 4.39 Å². The molecule has 0 saturated carbocycles. The van der Waals surface area contributed by atoms with Crippen molar-refractivity contribution in [2.75, 3.05) is 6.54 Å². The Labute approximate surface area is 92.3 Å². The van der Waals surface area contributed by atoms with Gasteiger partial charge in [0.2, 0.25) is 0 Å². The predicted octanol–water partition coefficient (Wildman–Crippen LogP) is 1.69. The summed E-state index contributed by atoms with van der Waals surface area (Å²) in [5.41, 5.74) is 6.53. The molecule has 0 radical (unpaired) electrons. The third-order valence-corrected chi connectivity index (χ3v) is 2.19. The van der Waals surface area contributed by atoms with Crippen LogP contribution in [-0.4, -0.2) is 16.7 Å². The highest BCUT2D eigenvalue weighted by Crippen LogP contribution is 2.21. The molecule has 0 aliphatic heterocycles. The van der Waals surface area contributed by atoms with Crippen LogP contribution < -0.4 is 5.73 Å². The van der Waals surface area contributed by atoms with Crippen molar-refractivity contribution in [2.45, 2.75) is 13.3 Å². The number of nitrogens with zero attached hydrogens (tertiary/aromatic N) is 2. The monoisotopic (exact) mass is 221 g/mol. The zero-order valence-electron chi connectivity index (χ0n) is 8.90. The molecule has 1 aromatic carbocycles. The highest BCUT2D eigenvalue weighted by atomic mass is 19.1. The van der Waals surface area contributed by atoms with Gasteiger partial charge in [-0.25, -0.2) is 4.39 Å². The summed E-state index contributed by atoms with van der Waals surface area (Å²) < 4.78 is 18.5. The number of rotatable bonds is 3. The Bertz CT molecular complexity index is 496. The van der Waals surface area contributed by atoms with Crippen LogP contribution in [-0.2, 0) is 6.42 Å². The molecule has 0 atom stereocenters. The molecule has 0 fully saturated rings. The van der Waals surface area contributed by atoms with Crippen LogP contribution in [0.15, 0.2) is 22.7 Å². The van der Waals surface area contributed by atoms with E-state index in [1.54, 1.807) is 12.1 Å². The number of aryl methyl sites for hydroxylation is 1. The number of hydrogen-bond donors (Lipinski definition) is 1. The van der Waals surface area contributed by atoms with Gasteiger partial charge in [-0.05, 0) is 31.2 Å². The molecule has 0 saturated heterocycles. The predicted molar refractivity (Wildman–Crippen MR) is 57.2 cm³/mol. The third-order valence-electron chi connectivity index (χ3n) is 2.19. The molecule has 2 aromatic rings. The van der Waals surface area contributed by atoms with E-state index in [2.05, 4.69) is 10.1 Å². The van der Waals surface area contributed by atoms with Crippen LogP contribution in [0, 0.1) is 12.7 Å². The molecule has 0 aliphatic rings. The molecule has 1 heterocycles. The van der Waals surface area contributed by atoms with Gasteiger partial charge in [0, 0.05) is 6.42 Å². The second-order valence-corrected chi connectivity index (χ2v) is 3.54. The van der Waals surface area contributed by atoms with Crippen LogP contribution in [0.3, 0.4) is 0 Å². The molecule has 1 aromatic heterocycles. The normalized spacial score (nSPS) is 10.7. The SMILES string of the molecule is Cc1ccc(-c2nc(CCN)no2)c(F)c1. The number of benzene rings is 1. The second kappa shape index (κ2) is 4.40. The van der Waals surface area contributed by atoms with E-state index in [1.807, 2.05) is 6.92 Å². The minimum atomic E-state index is -0.358. The molecule has 84 valence electrons. The van der Waals surface area contributed by atoms with Gasteiger partial charge >= 0.3 is 0 Å². The van der Waals surface area contributed by atoms with E-state index in [4.69, 9.17) is 10.3 Å². The molecule has 2 rings (SSSR count). The van der Waals surface area contributed by atoms with E-state index in [9.17, 15) is 4.39 Å². The maximum atomic E-state index is 13.6. The molecule has 0 amide bonds. The van der Waals surface area contributed by atoms with Gasteiger partial charge in [0.25, 0.3) is 5.89 Å². The Morgan fingerprint density at radius 3 is 2.94 bits per heavy atom. The van der Waals surface area contributed by atoms with Crippen LogP contribution in [0.25, 0.3) is 11.5 Å². The van der Waals surface area contributed by atoms with Gasteiger partial charge < -0.3 is 10.3 Å². The maximum Gasteiger partial charge on any atom is 0.260 e. The molecule has 4 nitrogen and oxygen atoms in total. The fourth-order valence-electron chi connectivity index (χ4n) is 1.39. The van der Waals surface area contributed by atoms with Crippen molar-refractivity contribution in [2.24, 2.45) is 5.73 Å². The molecular weight excluding hydrogens is 209 g/mol. The van der Waals surface area contributed by atoms with E-state index >= 15 is 0 Å². The standard InChI is InChI=1S/C11H12FN3O/c1-7-2-3-8(9(12)6-7)11-14-10(4-5-13)15-16-11/h2-3,6H,4-5,13H2,1H3. The molecule has 0 bridgehead atoms. The molecular formula is C11H12FN3O. The van der Waals surface area contributed by atoms with Crippen molar-refractivity contribution < 1.29 is 8.91 Å². The van der Waals surface area contributed by atoms with Crippen molar-refractivity contribution in [1.29, 1.82) is 0 Å². The van der Waals surface area contributed by atoms with Crippen molar-refractivity contribution in [3.05, 3.63) is 35.4 Å². The Hall–Kier alpha value is -1.75. The Morgan fingerprint density at radius 1 is 1.44 bits per heavy atom. The minimum Gasteiger partial charge on any atom is -0.334 e. The Kier molecular flexibility index (Phi) is 2.96. The van der Waals surface area contributed by atoms with Crippen LogP contribution in [0.5, 0.6) is 0 Å². The van der Waals surface area contributed by atoms with Gasteiger partial charge in [0.1, 0.15) is 5.82 Å². The second-order valence-electron chi connectivity index (χ2n) is 3.54. The van der Waals surface area contributed by atoms with Gasteiger partial charge in [-0.1, -0.05) is 11.2 Å².